The van der Waals surface area contributed by atoms with Crippen LogP contribution in [0.4, 0.5) is 5.95 Å². The molecule has 1 aliphatic heterocycles. The minimum atomic E-state index is 0.0554. The number of aromatic nitrogens is 4. The number of benzene rings is 2. The predicted octanol–water partition coefficient (Wildman–Crippen LogP) is 4.06. The van der Waals surface area contributed by atoms with Crippen LogP contribution in [0.5, 0.6) is 0 Å². The Balaban J connectivity index is 1.50. The van der Waals surface area contributed by atoms with Crippen LogP contribution in [0.3, 0.4) is 0 Å². The largest absolute Gasteiger partial charge is 0.338 e. The molecular formula is C25H28N6O. The molecule has 0 N–H and O–H groups in total. The SMILES string of the molecule is Cc1ccc(C(=O)N2CCN(c3nc4ccccc4c4nnc(C(C)C)n34)CC2C)cc1. The average Bonchev–Trinajstić information content (AvgIpc) is 3.24. The van der Waals surface area contributed by atoms with Gasteiger partial charge in [-0.05, 0) is 38.1 Å². The molecule has 1 amide bonds. The molecule has 0 aliphatic carbocycles. The number of carbonyl (C=O) groups excluding carboxylic acids is 1. The Morgan fingerprint density at radius 1 is 1.03 bits per heavy atom. The minimum absolute atomic E-state index is 0.0554. The summed E-state index contributed by atoms with van der Waals surface area (Å²) in [7, 11) is 0. The summed E-state index contributed by atoms with van der Waals surface area (Å²) in [5.74, 6) is 2.05. The summed E-state index contributed by atoms with van der Waals surface area (Å²) in [6.45, 7) is 10.4. The second-order valence-electron chi connectivity index (χ2n) is 8.96. The van der Waals surface area contributed by atoms with E-state index in [2.05, 4.69) is 40.3 Å². The first kappa shape index (κ1) is 20.4. The third-order valence-corrected chi connectivity index (χ3v) is 6.24. The minimum Gasteiger partial charge on any atom is -0.338 e. The van der Waals surface area contributed by atoms with E-state index in [1.54, 1.807) is 0 Å². The highest BCUT2D eigenvalue weighted by molar-refractivity contribution is 5.95. The molecule has 7 nitrogen and oxygen atoms in total. The van der Waals surface area contributed by atoms with Crippen molar-refractivity contribution in [3.63, 3.8) is 0 Å². The third kappa shape index (κ3) is 3.38. The number of rotatable bonds is 3. The lowest BCUT2D eigenvalue weighted by Gasteiger charge is -2.40. The number of nitrogens with zero attached hydrogens (tertiary/aromatic N) is 6. The fraction of sp³-hybridized carbons (Fsp3) is 0.360. The number of fused-ring (bicyclic) bond motifs is 3. The fourth-order valence-corrected chi connectivity index (χ4v) is 4.47. The van der Waals surface area contributed by atoms with Crippen LogP contribution in [0.1, 0.15) is 48.4 Å². The summed E-state index contributed by atoms with van der Waals surface area (Å²) in [6.07, 6.45) is 0. The zero-order valence-electron chi connectivity index (χ0n) is 19.0. The Hall–Kier alpha value is -3.48. The fourth-order valence-electron chi connectivity index (χ4n) is 4.47. The molecule has 32 heavy (non-hydrogen) atoms. The summed E-state index contributed by atoms with van der Waals surface area (Å²) < 4.78 is 2.09. The van der Waals surface area contributed by atoms with Crippen LogP contribution in [0.25, 0.3) is 16.6 Å². The van der Waals surface area contributed by atoms with Crippen molar-refractivity contribution in [1.82, 2.24) is 24.5 Å². The number of carbonyl (C=O) groups is 1. The van der Waals surface area contributed by atoms with Gasteiger partial charge in [0, 0.05) is 42.5 Å². The van der Waals surface area contributed by atoms with E-state index in [0.717, 1.165) is 39.4 Å². The lowest BCUT2D eigenvalue weighted by atomic mass is 10.1. The van der Waals surface area contributed by atoms with Crippen LogP contribution in [-0.4, -0.2) is 56.1 Å². The molecule has 0 radical (unpaired) electrons. The van der Waals surface area contributed by atoms with E-state index < -0.39 is 0 Å². The van der Waals surface area contributed by atoms with Crippen molar-refractivity contribution in [2.75, 3.05) is 24.5 Å². The van der Waals surface area contributed by atoms with Crippen molar-refractivity contribution in [1.29, 1.82) is 0 Å². The molecule has 1 unspecified atom stereocenters. The van der Waals surface area contributed by atoms with Gasteiger partial charge in [-0.1, -0.05) is 43.7 Å². The summed E-state index contributed by atoms with van der Waals surface area (Å²) in [5, 5.41) is 10.0. The molecule has 1 fully saturated rings. The van der Waals surface area contributed by atoms with Crippen LogP contribution < -0.4 is 4.90 Å². The van der Waals surface area contributed by atoms with Crippen LogP contribution in [-0.2, 0) is 0 Å². The van der Waals surface area contributed by atoms with Crippen molar-refractivity contribution in [3.8, 4) is 0 Å². The molecule has 7 heteroatoms. The monoisotopic (exact) mass is 428 g/mol. The zero-order valence-corrected chi connectivity index (χ0v) is 19.0. The molecule has 4 aromatic rings. The third-order valence-electron chi connectivity index (χ3n) is 6.24. The summed E-state index contributed by atoms with van der Waals surface area (Å²) in [4.78, 5) is 22.4. The second kappa shape index (κ2) is 7.89. The van der Waals surface area contributed by atoms with Gasteiger partial charge in [-0.2, -0.15) is 0 Å². The summed E-state index contributed by atoms with van der Waals surface area (Å²) in [6, 6.07) is 15.9. The first-order chi connectivity index (χ1) is 15.4. The van der Waals surface area contributed by atoms with Crippen molar-refractivity contribution >= 4 is 28.4 Å². The number of hydrogen-bond acceptors (Lipinski definition) is 5. The van der Waals surface area contributed by atoms with E-state index in [1.165, 1.54) is 0 Å². The number of aryl methyl sites for hydroxylation is 1. The first-order valence-electron chi connectivity index (χ1n) is 11.2. The van der Waals surface area contributed by atoms with Gasteiger partial charge >= 0.3 is 0 Å². The molecule has 164 valence electrons. The van der Waals surface area contributed by atoms with E-state index in [1.807, 2.05) is 60.4 Å². The van der Waals surface area contributed by atoms with Gasteiger partial charge in [-0.3, -0.25) is 4.79 Å². The predicted molar refractivity (Wildman–Crippen MR) is 126 cm³/mol. The Labute approximate surface area is 187 Å². The van der Waals surface area contributed by atoms with E-state index in [4.69, 9.17) is 4.98 Å². The number of amides is 1. The topological polar surface area (TPSA) is 66.6 Å². The van der Waals surface area contributed by atoms with Gasteiger partial charge in [-0.25, -0.2) is 9.38 Å². The van der Waals surface area contributed by atoms with Crippen molar-refractivity contribution < 1.29 is 4.79 Å². The molecule has 0 spiro atoms. The molecule has 1 aliphatic rings. The summed E-state index contributed by atoms with van der Waals surface area (Å²) >= 11 is 0. The quantitative estimate of drug-likeness (QED) is 0.492. The number of para-hydroxylation sites is 1. The van der Waals surface area contributed by atoms with Crippen LogP contribution >= 0.6 is 0 Å². The molecular weight excluding hydrogens is 400 g/mol. The Morgan fingerprint density at radius 3 is 2.50 bits per heavy atom. The highest BCUT2D eigenvalue weighted by Crippen LogP contribution is 2.28. The maximum Gasteiger partial charge on any atom is 0.254 e. The molecule has 0 saturated carbocycles. The molecule has 2 aromatic heterocycles. The summed E-state index contributed by atoms with van der Waals surface area (Å²) in [5.41, 5.74) is 3.63. The van der Waals surface area contributed by atoms with Gasteiger partial charge < -0.3 is 9.80 Å². The first-order valence-corrected chi connectivity index (χ1v) is 11.2. The Kier molecular flexibility index (Phi) is 5.04. The van der Waals surface area contributed by atoms with E-state index in [0.29, 0.717) is 19.6 Å². The molecule has 3 heterocycles. The number of hydrogen-bond donors (Lipinski definition) is 0. The molecule has 1 atom stereocenters. The van der Waals surface area contributed by atoms with Crippen molar-refractivity contribution in [2.45, 2.75) is 39.7 Å². The normalized spacial score (nSPS) is 17.0. The smallest absolute Gasteiger partial charge is 0.254 e. The molecule has 0 bridgehead atoms. The Bertz CT molecular complexity index is 1290. The lowest BCUT2D eigenvalue weighted by Crippen LogP contribution is -2.54. The van der Waals surface area contributed by atoms with Crippen LogP contribution in [0.2, 0.25) is 0 Å². The van der Waals surface area contributed by atoms with Crippen LogP contribution in [0.15, 0.2) is 48.5 Å². The highest BCUT2D eigenvalue weighted by Gasteiger charge is 2.31. The second-order valence-corrected chi connectivity index (χ2v) is 8.96. The molecule has 1 saturated heterocycles. The van der Waals surface area contributed by atoms with Gasteiger partial charge in [0.25, 0.3) is 5.91 Å². The van der Waals surface area contributed by atoms with Gasteiger partial charge in [0.15, 0.2) is 5.65 Å². The van der Waals surface area contributed by atoms with E-state index in [-0.39, 0.29) is 17.9 Å². The van der Waals surface area contributed by atoms with Crippen molar-refractivity contribution in [2.24, 2.45) is 0 Å². The van der Waals surface area contributed by atoms with Crippen molar-refractivity contribution in [3.05, 3.63) is 65.5 Å². The maximum absolute atomic E-state index is 13.1. The van der Waals surface area contributed by atoms with Gasteiger partial charge in [0.1, 0.15) is 5.82 Å². The van der Waals surface area contributed by atoms with Crippen LogP contribution in [0, 0.1) is 6.92 Å². The number of anilines is 1. The average molecular weight is 429 g/mol. The molecule has 5 rings (SSSR count). The van der Waals surface area contributed by atoms with Gasteiger partial charge in [0.2, 0.25) is 5.95 Å². The zero-order chi connectivity index (χ0) is 22.4. The molecule has 2 aromatic carbocycles. The maximum atomic E-state index is 13.1. The van der Waals surface area contributed by atoms with E-state index >= 15 is 0 Å². The van der Waals surface area contributed by atoms with E-state index in [9.17, 15) is 4.79 Å². The lowest BCUT2D eigenvalue weighted by molar-refractivity contribution is 0.0673. The standard InChI is InChI=1S/C25H28N6O/c1-16(2)22-27-28-23-20-7-5-6-8-21(20)26-25(31(22)23)29-13-14-30(18(4)15-29)24(32)19-11-9-17(3)10-12-19/h5-12,16,18H,13-15H2,1-4H3. The number of piperazine rings is 1. The van der Waals surface area contributed by atoms with Gasteiger partial charge in [-0.15, -0.1) is 10.2 Å². The highest BCUT2D eigenvalue weighted by atomic mass is 16.2. The Morgan fingerprint density at radius 2 is 1.78 bits per heavy atom. The van der Waals surface area contributed by atoms with Gasteiger partial charge in [0.05, 0.1) is 5.52 Å².